The van der Waals surface area contributed by atoms with E-state index >= 15 is 0 Å². The lowest BCUT2D eigenvalue weighted by atomic mass is 9.87. The summed E-state index contributed by atoms with van der Waals surface area (Å²) in [6, 6.07) is 1.03. The number of halogens is 3. The van der Waals surface area contributed by atoms with E-state index in [0.717, 1.165) is 19.3 Å². The molecule has 7 heteroatoms. The van der Waals surface area contributed by atoms with Gasteiger partial charge in [-0.15, -0.1) is 0 Å². The van der Waals surface area contributed by atoms with Crippen LogP contribution in [0.25, 0.3) is 0 Å². The molecule has 0 radical (unpaired) electrons. The predicted molar refractivity (Wildman–Crippen MR) is 89.8 cm³/mol. The lowest BCUT2D eigenvalue weighted by Crippen LogP contribution is -2.44. The molecule has 0 unspecified atom stereocenters. The summed E-state index contributed by atoms with van der Waals surface area (Å²) >= 11 is 0. The van der Waals surface area contributed by atoms with Crippen molar-refractivity contribution in [3.63, 3.8) is 0 Å². The Labute approximate surface area is 150 Å². The lowest BCUT2D eigenvalue weighted by Gasteiger charge is -2.34. The van der Waals surface area contributed by atoms with E-state index in [-0.39, 0.29) is 17.7 Å². The van der Waals surface area contributed by atoms with Crippen LogP contribution < -0.4 is 5.73 Å². The molecule has 1 aliphatic carbocycles. The molecule has 1 aromatic carbocycles. The molecule has 0 aromatic heterocycles. The summed E-state index contributed by atoms with van der Waals surface area (Å²) in [7, 11) is 0. The third-order valence-electron chi connectivity index (χ3n) is 5.71. The molecule has 2 N–H and O–H groups in total. The molecule has 2 fully saturated rings. The van der Waals surface area contributed by atoms with Crippen LogP contribution in [0.4, 0.5) is 13.2 Å². The van der Waals surface area contributed by atoms with Crippen molar-refractivity contribution in [3.8, 4) is 0 Å². The van der Waals surface area contributed by atoms with Crippen LogP contribution >= 0.6 is 0 Å². The van der Waals surface area contributed by atoms with E-state index in [2.05, 4.69) is 0 Å². The second kappa shape index (κ2) is 7.78. The molecule has 3 rings (SSSR count). The number of nitrogens with two attached hydrogens (primary N) is 1. The highest BCUT2D eigenvalue weighted by Crippen LogP contribution is 2.34. The topological polar surface area (TPSA) is 63.4 Å². The van der Waals surface area contributed by atoms with Gasteiger partial charge in [0.1, 0.15) is 17.5 Å². The van der Waals surface area contributed by atoms with Crippen LogP contribution in [0.5, 0.6) is 0 Å². The van der Waals surface area contributed by atoms with E-state index in [1.54, 1.807) is 4.90 Å². The SMILES string of the molecule is NC[C@H]1CCC[C@H]1C(=O)N1CCC(C(=O)c2c(F)cc(F)cc2F)CC1. The Kier molecular flexibility index (Phi) is 5.65. The molecular weight excluding hydrogens is 345 g/mol. The number of carbonyl (C=O) groups is 2. The molecule has 2 atom stereocenters. The number of rotatable bonds is 4. The highest BCUT2D eigenvalue weighted by atomic mass is 19.1. The Hall–Kier alpha value is -1.89. The number of likely N-dealkylation sites (tertiary alicyclic amines) is 1. The standard InChI is InChI=1S/C19H23F3N2O2/c20-13-8-15(21)17(16(22)9-13)18(25)11-4-6-24(7-5-11)19(26)14-3-1-2-12(14)10-23/h8-9,11-12,14H,1-7,10,23H2/t12-,14-/m1/s1. The number of carbonyl (C=O) groups excluding carboxylic acids is 2. The molecule has 1 aliphatic heterocycles. The van der Waals surface area contributed by atoms with Gasteiger partial charge < -0.3 is 10.6 Å². The molecule has 4 nitrogen and oxygen atoms in total. The minimum atomic E-state index is -1.18. The van der Waals surface area contributed by atoms with Crippen LogP contribution in [-0.4, -0.2) is 36.2 Å². The molecule has 0 spiro atoms. The zero-order valence-electron chi connectivity index (χ0n) is 14.5. The smallest absolute Gasteiger partial charge is 0.226 e. The number of Topliss-reactive ketones (excluding diaryl/α,β-unsaturated/α-hetero) is 1. The van der Waals surface area contributed by atoms with Crippen molar-refractivity contribution in [2.45, 2.75) is 32.1 Å². The predicted octanol–water partition coefficient (Wildman–Crippen LogP) is 2.90. The van der Waals surface area contributed by atoms with Crippen LogP contribution in [0.1, 0.15) is 42.5 Å². The van der Waals surface area contributed by atoms with Crippen molar-refractivity contribution in [2.75, 3.05) is 19.6 Å². The number of hydrogen-bond acceptors (Lipinski definition) is 3. The number of piperidine rings is 1. The van der Waals surface area contributed by atoms with Gasteiger partial charge in [0.25, 0.3) is 0 Å². The fourth-order valence-corrected chi connectivity index (χ4v) is 4.22. The van der Waals surface area contributed by atoms with Gasteiger partial charge in [0.15, 0.2) is 5.78 Å². The average Bonchev–Trinajstić information content (AvgIpc) is 3.09. The molecule has 1 saturated carbocycles. The van der Waals surface area contributed by atoms with Crippen LogP contribution in [0.3, 0.4) is 0 Å². The second-order valence-electron chi connectivity index (χ2n) is 7.24. The Morgan fingerprint density at radius 1 is 1.04 bits per heavy atom. The van der Waals surface area contributed by atoms with E-state index in [1.165, 1.54) is 0 Å². The van der Waals surface area contributed by atoms with Crippen molar-refractivity contribution >= 4 is 11.7 Å². The lowest BCUT2D eigenvalue weighted by molar-refractivity contribution is -0.137. The number of ketones is 1. The highest BCUT2D eigenvalue weighted by Gasteiger charge is 2.37. The first-order chi connectivity index (χ1) is 12.4. The molecule has 26 heavy (non-hydrogen) atoms. The van der Waals surface area contributed by atoms with Crippen molar-refractivity contribution in [3.05, 3.63) is 35.1 Å². The van der Waals surface area contributed by atoms with E-state index in [1.807, 2.05) is 0 Å². The number of amides is 1. The third-order valence-corrected chi connectivity index (χ3v) is 5.71. The highest BCUT2D eigenvalue weighted by molar-refractivity contribution is 5.98. The van der Waals surface area contributed by atoms with Crippen LogP contribution in [0, 0.1) is 35.2 Å². The molecule has 0 bridgehead atoms. The van der Waals surface area contributed by atoms with Gasteiger partial charge in [0.05, 0.1) is 5.56 Å². The third kappa shape index (κ3) is 3.63. The number of nitrogens with zero attached hydrogens (tertiary/aromatic N) is 1. The van der Waals surface area contributed by atoms with Crippen LogP contribution in [0.15, 0.2) is 12.1 Å². The van der Waals surface area contributed by atoms with E-state index in [0.29, 0.717) is 44.6 Å². The molecule has 1 saturated heterocycles. The molecule has 1 heterocycles. The number of hydrogen-bond donors (Lipinski definition) is 1. The Bertz CT molecular complexity index is 679. The summed E-state index contributed by atoms with van der Waals surface area (Å²) in [5.41, 5.74) is 5.06. The zero-order chi connectivity index (χ0) is 18.8. The Balaban J connectivity index is 1.63. The molecule has 1 aromatic rings. The summed E-state index contributed by atoms with van der Waals surface area (Å²) < 4.78 is 40.7. The van der Waals surface area contributed by atoms with Gasteiger partial charge in [0, 0.05) is 37.1 Å². The Morgan fingerprint density at radius 2 is 1.65 bits per heavy atom. The summed E-state index contributed by atoms with van der Waals surface area (Å²) in [6.07, 6.45) is 3.49. The summed E-state index contributed by atoms with van der Waals surface area (Å²) in [5.74, 6) is -4.41. The second-order valence-corrected chi connectivity index (χ2v) is 7.24. The summed E-state index contributed by atoms with van der Waals surface area (Å²) in [6.45, 7) is 1.26. The van der Waals surface area contributed by atoms with Crippen molar-refractivity contribution in [1.82, 2.24) is 4.90 Å². The van der Waals surface area contributed by atoms with E-state index in [4.69, 9.17) is 5.73 Å². The summed E-state index contributed by atoms with van der Waals surface area (Å²) in [4.78, 5) is 26.9. The van der Waals surface area contributed by atoms with Crippen LogP contribution in [-0.2, 0) is 4.79 Å². The van der Waals surface area contributed by atoms with Gasteiger partial charge in [-0.3, -0.25) is 9.59 Å². The molecule has 2 aliphatic rings. The normalized spacial score (nSPS) is 24.1. The maximum Gasteiger partial charge on any atom is 0.226 e. The fraction of sp³-hybridized carbons (Fsp3) is 0.579. The average molecular weight is 368 g/mol. The van der Waals surface area contributed by atoms with Gasteiger partial charge in [-0.1, -0.05) is 6.42 Å². The van der Waals surface area contributed by atoms with Crippen molar-refractivity contribution in [1.29, 1.82) is 0 Å². The van der Waals surface area contributed by atoms with Gasteiger partial charge in [-0.25, -0.2) is 13.2 Å². The maximum atomic E-state index is 13.8. The monoisotopic (exact) mass is 368 g/mol. The maximum absolute atomic E-state index is 13.8. The molecule has 142 valence electrons. The number of benzene rings is 1. The quantitative estimate of drug-likeness (QED) is 0.832. The van der Waals surface area contributed by atoms with Crippen LogP contribution in [0.2, 0.25) is 0 Å². The van der Waals surface area contributed by atoms with Gasteiger partial charge >= 0.3 is 0 Å². The fourth-order valence-electron chi connectivity index (χ4n) is 4.22. The molecule has 1 amide bonds. The molecular formula is C19H23F3N2O2. The van der Waals surface area contributed by atoms with Gasteiger partial charge in [-0.05, 0) is 38.1 Å². The minimum absolute atomic E-state index is 0.0563. The first kappa shape index (κ1) is 18.9. The van der Waals surface area contributed by atoms with Crippen molar-refractivity contribution < 1.29 is 22.8 Å². The zero-order valence-corrected chi connectivity index (χ0v) is 14.5. The largest absolute Gasteiger partial charge is 0.342 e. The van der Waals surface area contributed by atoms with Gasteiger partial charge in [0.2, 0.25) is 5.91 Å². The van der Waals surface area contributed by atoms with Gasteiger partial charge in [-0.2, -0.15) is 0 Å². The minimum Gasteiger partial charge on any atom is -0.342 e. The van der Waals surface area contributed by atoms with E-state index in [9.17, 15) is 22.8 Å². The summed E-state index contributed by atoms with van der Waals surface area (Å²) in [5, 5.41) is 0. The first-order valence-corrected chi connectivity index (χ1v) is 9.10. The Morgan fingerprint density at radius 3 is 2.23 bits per heavy atom. The van der Waals surface area contributed by atoms with E-state index < -0.39 is 34.7 Å². The first-order valence-electron chi connectivity index (χ1n) is 9.10. The van der Waals surface area contributed by atoms with Crippen molar-refractivity contribution in [2.24, 2.45) is 23.5 Å².